The van der Waals surface area contributed by atoms with Gasteiger partial charge >= 0.3 is 5.97 Å². The van der Waals surface area contributed by atoms with E-state index in [4.69, 9.17) is 4.74 Å². The number of carbonyl (C=O) groups is 1. The lowest BCUT2D eigenvalue weighted by atomic mass is 10.1. The first-order chi connectivity index (χ1) is 8.68. The van der Waals surface area contributed by atoms with Crippen LogP contribution in [0.5, 0.6) is 0 Å². The molecular weight excluding hydrogens is 231 g/mol. The molecule has 2 aromatic carbocycles. The van der Waals surface area contributed by atoms with Crippen LogP contribution in [0.2, 0.25) is 0 Å². The van der Waals surface area contributed by atoms with Crippen molar-refractivity contribution in [2.24, 2.45) is 0 Å². The number of esters is 1. The van der Waals surface area contributed by atoms with Gasteiger partial charge in [-0.05, 0) is 30.2 Å². The molecule has 0 aliphatic rings. The van der Waals surface area contributed by atoms with E-state index >= 15 is 0 Å². The number of ether oxygens (including phenoxy) is 1. The predicted molar refractivity (Wildman–Crippen MR) is 66.7 cm³/mol. The average Bonchev–Trinajstić information content (AvgIpc) is 2.38. The Morgan fingerprint density at radius 3 is 2.50 bits per heavy atom. The SMILES string of the molecule is Cc1ccccc1COC(=O)c1ccccc1F. The maximum Gasteiger partial charge on any atom is 0.341 e. The number of rotatable bonds is 3. The van der Waals surface area contributed by atoms with Gasteiger partial charge < -0.3 is 4.74 Å². The molecule has 0 saturated carbocycles. The first-order valence-corrected chi connectivity index (χ1v) is 5.64. The van der Waals surface area contributed by atoms with Gasteiger partial charge in [0.05, 0.1) is 5.56 Å². The van der Waals surface area contributed by atoms with E-state index in [2.05, 4.69) is 0 Å². The molecule has 18 heavy (non-hydrogen) atoms. The van der Waals surface area contributed by atoms with Gasteiger partial charge in [0, 0.05) is 0 Å². The summed E-state index contributed by atoms with van der Waals surface area (Å²) in [6.45, 7) is 2.09. The van der Waals surface area contributed by atoms with E-state index in [1.807, 2.05) is 31.2 Å². The highest BCUT2D eigenvalue weighted by atomic mass is 19.1. The Balaban J connectivity index is 2.06. The van der Waals surface area contributed by atoms with E-state index in [1.165, 1.54) is 18.2 Å². The van der Waals surface area contributed by atoms with Crippen LogP contribution in [-0.4, -0.2) is 5.97 Å². The summed E-state index contributed by atoms with van der Waals surface area (Å²) in [4.78, 5) is 11.7. The van der Waals surface area contributed by atoms with Crippen molar-refractivity contribution in [1.29, 1.82) is 0 Å². The Morgan fingerprint density at radius 1 is 1.11 bits per heavy atom. The van der Waals surface area contributed by atoms with Gasteiger partial charge in [-0.25, -0.2) is 9.18 Å². The molecule has 0 radical (unpaired) electrons. The van der Waals surface area contributed by atoms with Crippen LogP contribution in [0.4, 0.5) is 4.39 Å². The van der Waals surface area contributed by atoms with Gasteiger partial charge in [0.2, 0.25) is 0 Å². The number of aryl methyl sites for hydroxylation is 1. The summed E-state index contributed by atoms with van der Waals surface area (Å²) in [5, 5.41) is 0. The number of hydrogen-bond acceptors (Lipinski definition) is 2. The van der Waals surface area contributed by atoms with Crippen molar-refractivity contribution in [3.63, 3.8) is 0 Å². The summed E-state index contributed by atoms with van der Waals surface area (Å²) in [5.41, 5.74) is 1.92. The first-order valence-electron chi connectivity index (χ1n) is 5.64. The fraction of sp³-hybridized carbons (Fsp3) is 0.133. The molecule has 0 amide bonds. The molecule has 0 unspecified atom stereocenters. The van der Waals surface area contributed by atoms with Crippen molar-refractivity contribution in [3.8, 4) is 0 Å². The fourth-order valence-electron chi connectivity index (χ4n) is 1.62. The summed E-state index contributed by atoms with van der Waals surface area (Å²) < 4.78 is 18.4. The normalized spacial score (nSPS) is 10.1. The van der Waals surface area contributed by atoms with Gasteiger partial charge in [0.1, 0.15) is 12.4 Å². The molecule has 2 nitrogen and oxygen atoms in total. The van der Waals surface area contributed by atoms with Gasteiger partial charge in [0.15, 0.2) is 0 Å². The summed E-state index contributed by atoms with van der Waals surface area (Å²) in [7, 11) is 0. The highest BCUT2D eigenvalue weighted by Gasteiger charge is 2.12. The van der Waals surface area contributed by atoms with Crippen LogP contribution in [0.25, 0.3) is 0 Å². The van der Waals surface area contributed by atoms with Crippen LogP contribution < -0.4 is 0 Å². The zero-order valence-corrected chi connectivity index (χ0v) is 10.0. The Bertz CT molecular complexity index is 564. The third-order valence-electron chi connectivity index (χ3n) is 2.71. The van der Waals surface area contributed by atoms with E-state index in [0.717, 1.165) is 11.1 Å². The van der Waals surface area contributed by atoms with Gasteiger partial charge in [-0.1, -0.05) is 36.4 Å². The highest BCUT2D eigenvalue weighted by molar-refractivity contribution is 5.89. The Kier molecular flexibility index (Phi) is 3.72. The van der Waals surface area contributed by atoms with E-state index in [-0.39, 0.29) is 12.2 Å². The summed E-state index contributed by atoms with van der Waals surface area (Å²) in [6.07, 6.45) is 0. The molecule has 92 valence electrons. The second-order valence-corrected chi connectivity index (χ2v) is 3.98. The van der Waals surface area contributed by atoms with Crippen molar-refractivity contribution in [2.75, 3.05) is 0 Å². The predicted octanol–water partition coefficient (Wildman–Crippen LogP) is 3.49. The van der Waals surface area contributed by atoms with Crippen molar-refractivity contribution in [3.05, 3.63) is 71.0 Å². The van der Waals surface area contributed by atoms with Gasteiger partial charge in [-0.2, -0.15) is 0 Å². The maximum absolute atomic E-state index is 13.3. The van der Waals surface area contributed by atoms with Crippen LogP contribution >= 0.6 is 0 Å². The van der Waals surface area contributed by atoms with Gasteiger partial charge in [-0.15, -0.1) is 0 Å². The molecule has 3 heteroatoms. The minimum absolute atomic E-state index is 0.0360. The quantitative estimate of drug-likeness (QED) is 0.772. The van der Waals surface area contributed by atoms with E-state index in [1.54, 1.807) is 6.07 Å². The second-order valence-electron chi connectivity index (χ2n) is 3.98. The van der Waals surface area contributed by atoms with Crippen LogP contribution in [-0.2, 0) is 11.3 Å². The van der Waals surface area contributed by atoms with E-state index < -0.39 is 11.8 Å². The van der Waals surface area contributed by atoms with Gasteiger partial charge in [-0.3, -0.25) is 0 Å². The smallest absolute Gasteiger partial charge is 0.341 e. The minimum Gasteiger partial charge on any atom is -0.457 e. The molecule has 2 rings (SSSR count). The van der Waals surface area contributed by atoms with Crippen molar-refractivity contribution < 1.29 is 13.9 Å². The van der Waals surface area contributed by atoms with Crippen molar-refractivity contribution in [2.45, 2.75) is 13.5 Å². The van der Waals surface area contributed by atoms with E-state index in [9.17, 15) is 9.18 Å². The van der Waals surface area contributed by atoms with Gasteiger partial charge in [0.25, 0.3) is 0 Å². The molecule has 0 spiro atoms. The largest absolute Gasteiger partial charge is 0.457 e. The number of hydrogen-bond donors (Lipinski definition) is 0. The first kappa shape index (κ1) is 12.3. The number of benzene rings is 2. The summed E-state index contributed by atoms with van der Waals surface area (Å²) >= 11 is 0. The molecule has 0 N–H and O–H groups in total. The molecule has 0 saturated heterocycles. The lowest BCUT2D eigenvalue weighted by Gasteiger charge is -2.07. The molecule has 2 aromatic rings. The molecule has 0 fully saturated rings. The lowest BCUT2D eigenvalue weighted by Crippen LogP contribution is -2.07. The molecule has 0 aliphatic heterocycles. The number of carbonyl (C=O) groups excluding carboxylic acids is 1. The molecule has 0 atom stereocenters. The van der Waals surface area contributed by atoms with Crippen LogP contribution in [0, 0.1) is 12.7 Å². The lowest BCUT2D eigenvalue weighted by molar-refractivity contribution is 0.0467. The maximum atomic E-state index is 13.3. The van der Waals surface area contributed by atoms with Crippen LogP contribution in [0.15, 0.2) is 48.5 Å². The van der Waals surface area contributed by atoms with Crippen LogP contribution in [0.3, 0.4) is 0 Å². The third-order valence-corrected chi connectivity index (χ3v) is 2.71. The average molecular weight is 244 g/mol. The molecule has 0 aromatic heterocycles. The molecular formula is C15H13FO2. The third kappa shape index (κ3) is 2.74. The molecule has 0 bridgehead atoms. The minimum atomic E-state index is -0.642. The highest BCUT2D eigenvalue weighted by Crippen LogP contribution is 2.12. The molecule has 0 heterocycles. The zero-order chi connectivity index (χ0) is 13.0. The standard InChI is InChI=1S/C15H13FO2/c1-11-6-2-3-7-12(11)10-18-15(17)13-8-4-5-9-14(13)16/h2-9H,10H2,1H3. The zero-order valence-electron chi connectivity index (χ0n) is 10.0. The Morgan fingerprint density at radius 2 is 1.78 bits per heavy atom. The van der Waals surface area contributed by atoms with Crippen molar-refractivity contribution >= 4 is 5.97 Å². The fourth-order valence-corrected chi connectivity index (χ4v) is 1.62. The Hall–Kier alpha value is -2.16. The number of halogens is 1. The summed E-state index contributed by atoms with van der Waals surface area (Å²) in [6, 6.07) is 13.4. The summed E-state index contributed by atoms with van der Waals surface area (Å²) in [5.74, 6) is -1.20. The topological polar surface area (TPSA) is 26.3 Å². The van der Waals surface area contributed by atoms with E-state index in [0.29, 0.717) is 0 Å². The van der Waals surface area contributed by atoms with Crippen LogP contribution in [0.1, 0.15) is 21.5 Å². The monoisotopic (exact) mass is 244 g/mol. The Labute approximate surface area is 105 Å². The van der Waals surface area contributed by atoms with Crippen molar-refractivity contribution in [1.82, 2.24) is 0 Å². The molecule has 0 aliphatic carbocycles. The second kappa shape index (κ2) is 5.45.